The Balaban J connectivity index is 1.90. The Bertz CT molecular complexity index is 612. The van der Waals surface area contributed by atoms with E-state index >= 15 is 0 Å². The predicted octanol–water partition coefficient (Wildman–Crippen LogP) is 5.44. The molecule has 0 radical (unpaired) electrons. The fraction of sp³-hybridized carbons (Fsp3) is 0.562. The molecule has 0 aliphatic heterocycles. The Labute approximate surface area is 125 Å². The lowest BCUT2D eigenvalue weighted by Gasteiger charge is -2.06. The Kier molecular flexibility index (Phi) is 5.35. The lowest BCUT2D eigenvalue weighted by molar-refractivity contribution is 0.507. The van der Waals surface area contributed by atoms with Gasteiger partial charge in [-0.05, 0) is 42.8 Å². The first kappa shape index (κ1) is 15.2. The zero-order valence-corrected chi connectivity index (χ0v) is 13.1. The summed E-state index contributed by atoms with van der Waals surface area (Å²) < 4.78 is 15.9. The second-order valence-electron chi connectivity index (χ2n) is 5.84. The first-order valence-corrected chi connectivity index (χ1v) is 7.87. The van der Waals surface area contributed by atoms with E-state index in [1.807, 2.05) is 0 Å². The van der Waals surface area contributed by atoms with Crippen LogP contribution in [0, 0.1) is 16.5 Å². The number of rotatable bonds is 7. The van der Waals surface area contributed by atoms with Gasteiger partial charge in [0.1, 0.15) is 5.82 Å². The number of hydrogen-bond donors (Lipinski definition) is 1. The zero-order valence-electron chi connectivity index (χ0n) is 12.3. The van der Waals surface area contributed by atoms with Gasteiger partial charge in [0.05, 0.1) is 11.0 Å². The third-order valence-electron chi connectivity index (χ3n) is 3.65. The van der Waals surface area contributed by atoms with E-state index in [1.165, 1.54) is 37.8 Å². The molecule has 1 N–H and O–H groups in total. The summed E-state index contributed by atoms with van der Waals surface area (Å²) in [6, 6.07) is 4.80. The fourth-order valence-corrected chi connectivity index (χ4v) is 2.83. The molecule has 0 aliphatic carbocycles. The molecule has 2 rings (SSSR count). The number of halogens is 1. The molecule has 0 aliphatic rings. The maximum Gasteiger partial charge on any atom is 0.178 e. The van der Waals surface area contributed by atoms with Crippen molar-refractivity contribution in [2.24, 2.45) is 5.92 Å². The van der Waals surface area contributed by atoms with Crippen LogP contribution < -0.4 is 0 Å². The number of nitrogens with one attached hydrogen (secondary N) is 1. The van der Waals surface area contributed by atoms with Crippen molar-refractivity contribution in [3.05, 3.63) is 28.8 Å². The van der Waals surface area contributed by atoms with Crippen LogP contribution in [0.15, 0.2) is 18.2 Å². The van der Waals surface area contributed by atoms with Crippen molar-refractivity contribution in [1.29, 1.82) is 0 Å². The molecule has 2 aromatic rings. The number of fused-ring (bicyclic) bond motifs is 1. The van der Waals surface area contributed by atoms with Gasteiger partial charge in [-0.2, -0.15) is 0 Å². The van der Waals surface area contributed by atoms with Gasteiger partial charge in [-0.1, -0.05) is 39.5 Å². The van der Waals surface area contributed by atoms with Crippen LogP contribution in [0.3, 0.4) is 0 Å². The van der Waals surface area contributed by atoms with Crippen LogP contribution in [0.2, 0.25) is 0 Å². The van der Waals surface area contributed by atoms with Crippen LogP contribution in [0.4, 0.5) is 4.39 Å². The van der Waals surface area contributed by atoms with Gasteiger partial charge < -0.3 is 9.55 Å². The van der Waals surface area contributed by atoms with E-state index in [-0.39, 0.29) is 5.82 Å². The summed E-state index contributed by atoms with van der Waals surface area (Å²) in [4.78, 5) is 3.07. The van der Waals surface area contributed by atoms with E-state index in [1.54, 1.807) is 6.07 Å². The Morgan fingerprint density at radius 2 is 1.95 bits per heavy atom. The van der Waals surface area contributed by atoms with E-state index in [0.29, 0.717) is 4.77 Å². The Hall–Kier alpha value is -1.16. The second-order valence-corrected chi connectivity index (χ2v) is 6.23. The number of aryl methyl sites for hydroxylation is 1. The molecule has 2 nitrogen and oxygen atoms in total. The molecule has 0 amide bonds. The van der Waals surface area contributed by atoms with Crippen molar-refractivity contribution < 1.29 is 4.39 Å². The van der Waals surface area contributed by atoms with Gasteiger partial charge in [-0.25, -0.2) is 4.39 Å². The number of hydrogen-bond acceptors (Lipinski definition) is 1. The summed E-state index contributed by atoms with van der Waals surface area (Å²) in [5.74, 6) is 0.571. The largest absolute Gasteiger partial charge is 0.330 e. The minimum atomic E-state index is -0.227. The highest BCUT2D eigenvalue weighted by atomic mass is 32.1. The molecule has 20 heavy (non-hydrogen) atoms. The molecular formula is C16H23FN2S. The number of H-pyrrole nitrogens is 1. The average Bonchev–Trinajstić information content (AvgIpc) is 2.68. The summed E-state index contributed by atoms with van der Waals surface area (Å²) in [6.07, 6.45) is 6.25. The smallest absolute Gasteiger partial charge is 0.178 e. The van der Waals surface area contributed by atoms with Gasteiger partial charge in [0.25, 0.3) is 0 Å². The highest BCUT2D eigenvalue weighted by Crippen LogP contribution is 2.17. The second kappa shape index (κ2) is 7.02. The molecule has 110 valence electrons. The molecule has 1 aromatic carbocycles. The first-order chi connectivity index (χ1) is 9.58. The molecular weight excluding hydrogens is 271 g/mol. The Morgan fingerprint density at radius 1 is 1.20 bits per heavy atom. The molecule has 0 unspecified atom stereocenters. The lowest BCUT2D eigenvalue weighted by atomic mass is 10.0. The molecule has 0 fully saturated rings. The normalized spacial score (nSPS) is 11.6. The van der Waals surface area contributed by atoms with Gasteiger partial charge >= 0.3 is 0 Å². The quantitative estimate of drug-likeness (QED) is 0.532. The standard InChI is InChI=1S/C16H23FN2S/c1-12(2)7-5-3-4-6-10-19-15-9-8-13(17)11-14(15)18-16(19)20/h8-9,11-12H,3-7,10H2,1-2H3,(H,18,20). The van der Waals surface area contributed by atoms with E-state index in [0.717, 1.165) is 29.9 Å². The molecule has 1 aromatic heterocycles. The van der Waals surface area contributed by atoms with Crippen molar-refractivity contribution in [3.63, 3.8) is 0 Å². The molecule has 4 heteroatoms. The van der Waals surface area contributed by atoms with E-state index in [4.69, 9.17) is 12.2 Å². The van der Waals surface area contributed by atoms with Gasteiger partial charge in [0, 0.05) is 6.54 Å². The minimum Gasteiger partial charge on any atom is -0.330 e. The van der Waals surface area contributed by atoms with Crippen molar-refractivity contribution in [2.45, 2.75) is 52.5 Å². The zero-order chi connectivity index (χ0) is 14.5. The van der Waals surface area contributed by atoms with Crippen molar-refractivity contribution in [1.82, 2.24) is 9.55 Å². The summed E-state index contributed by atoms with van der Waals surface area (Å²) >= 11 is 5.32. The van der Waals surface area contributed by atoms with Crippen LogP contribution in [-0.4, -0.2) is 9.55 Å². The van der Waals surface area contributed by atoms with Gasteiger partial charge in [0.15, 0.2) is 4.77 Å². The summed E-state index contributed by atoms with van der Waals surface area (Å²) in [6.45, 7) is 5.45. The van der Waals surface area contributed by atoms with Gasteiger partial charge in [-0.3, -0.25) is 0 Å². The highest BCUT2D eigenvalue weighted by molar-refractivity contribution is 7.71. The van der Waals surface area contributed by atoms with Crippen LogP contribution in [0.5, 0.6) is 0 Å². The number of benzene rings is 1. The molecule has 0 spiro atoms. The lowest BCUT2D eigenvalue weighted by Crippen LogP contribution is -1.98. The molecule has 0 bridgehead atoms. The van der Waals surface area contributed by atoms with Crippen LogP contribution in [0.25, 0.3) is 11.0 Å². The molecule has 0 atom stereocenters. The molecule has 0 saturated carbocycles. The third kappa shape index (κ3) is 3.92. The minimum absolute atomic E-state index is 0.227. The number of aromatic amines is 1. The first-order valence-electron chi connectivity index (χ1n) is 7.46. The van der Waals surface area contributed by atoms with Gasteiger partial charge in [0.2, 0.25) is 0 Å². The summed E-state index contributed by atoms with van der Waals surface area (Å²) in [7, 11) is 0. The number of imidazole rings is 1. The van der Waals surface area contributed by atoms with E-state index < -0.39 is 0 Å². The van der Waals surface area contributed by atoms with Crippen LogP contribution in [-0.2, 0) is 6.54 Å². The monoisotopic (exact) mass is 294 g/mol. The summed E-state index contributed by atoms with van der Waals surface area (Å²) in [5, 5.41) is 0. The Morgan fingerprint density at radius 3 is 2.70 bits per heavy atom. The molecule has 1 heterocycles. The number of aromatic nitrogens is 2. The number of nitrogens with zero attached hydrogens (tertiary/aromatic N) is 1. The topological polar surface area (TPSA) is 20.7 Å². The van der Waals surface area contributed by atoms with E-state index in [9.17, 15) is 4.39 Å². The predicted molar refractivity (Wildman–Crippen MR) is 85.0 cm³/mol. The fourth-order valence-electron chi connectivity index (χ4n) is 2.53. The van der Waals surface area contributed by atoms with Crippen molar-refractivity contribution in [2.75, 3.05) is 0 Å². The van der Waals surface area contributed by atoms with Crippen LogP contribution >= 0.6 is 12.2 Å². The average molecular weight is 294 g/mol. The number of unbranched alkanes of at least 4 members (excludes halogenated alkanes) is 3. The SMILES string of the molecule is CC(C)CCCCCCn1c(=S)[nH]c2cc(F)ccc21. The third-order valence-corrected chi connectivity index (χ3v) is 3.97. The van der Waals surface area contributed by atoms with Crippen LogP contribution in [0.1, 0.15) is 46.0 Å². The van der Waals surface area contributed by atoms with Gasteiger partial charge in [-0.15, -0.1) is 0 Å². The van der Waals surface area contributed by atoms with Crippen molar-refractivity contribution >= 4 is 23.3 Å². The molecule has 0 saturated heterocycles. The highest BCUT2D eigenvalue weighted by Gasteiger charge is 2.05. The summed E-state index contributed by atoms with van der Waals surface area (Å²) in [5.41, 5.74) is 1.79. The maximum absolute atomic E-state index is 13.2. The van der Waals surface area contributed by atoms with Crippen molar-refractivity contribution in [3.8, 4) is 0 Å². The maximum atomic E-state index is 13.2. The van der Waals surface area contributed by atoms with E-state index in [2.05, 4.69) is 23.4 Å².